The van der Waals surface area contributed by atoms with E-state index in [1.807, 2.05) is 6.92 Å². The van der Waals surface area contributed by atoms with Crippen molar-refractivity contribution in [3.63, 3.8) is 0 Å². The Balaban J connectivity index is 1.88. The molecule has 2 atom stereocenters. The van der Waals surface area contributed by atoms with Crippen molar-refractivity contribution >= 4 is 0 Å². The number of hydrogen-bond acceptors (Lipinski definition) is 5. The van der Waals surface area contributed by atoms with Gasteiger partial charge in [0.1, 0.15) is 12.0 Å². The molecule has 8 heteroatoms. The van der Waals surface area contributed by atoms with Crippen molar-refractivity contribution in [3.8, 4) is 22.5 Å². The summed E-state index contributed by atoms with van der Waals surface area (Å²) < 4.78 is 39.8. The van der Waals surface area contributed by atoms with E-state index in [1.54, 1.807) is 18.3 Å². The Bertz CT molecular complexity index is 1040. The zero-order chi connectivity index (χ0) is 21.3. The molecular formula is C22H22F3N5. The molecule has 3 aromatic rings. The first-order valence-electron chi connectivity index (χ1n) is 9.89. The number of aromatic nitrogens is 4. The van der Waals surface area contributed by atoms with E-state index in [2.05, 4.69) is 32.4 Å². The Morgan fingerprint density at radius 2 is 1.97 bits per heavy atom. The Morgan fingerprint density at radius 1 is 1.13 bits per heavy atom. The van der Waals surface area contributed by atoms with Crippen LogP contribution in [0.4, 0.5) is 13.2 Å². The number of nitrogens with one attached hydrogen (secondary N) is 1. The maximum Gasteiger partial charge on any atom is 0.416 e. The summed E-state index contributed by atoms with van der Waals surface area (Å²) in [7, 11) is 0. The highest BCUT2D eigenvalue weighted by atomic mass is 19.4. The van der Waals surface area contributed by atoms with E-state index in [-0.39, 0.29) is 5.92 Å². The monoisotopic (exact) mass is 413 g/mol. The maximum absolute atomic E-state index is 13.3. The molecule has 0 amide bonds. The first-order chi connectivity index (χ1) is 14.3. The molecule has 5 nitrogen and oxygen atoms in total. The van der Waals surface area contributed by atoms with Crippen molar-refractivity contribution in [2.45, 2.75) is 44.8 Å². The van der Waals surface area contributed by atoms with E-state index in [1.165, 1.54) is 12.4 Å². The fourth-order valence-corrected chi connectivity index (χ4v) is 4.10. The Morgan fingerprint density at radius 3 is 2.67 bits per heavy atom. The van der Waals surface area contributed by atoms with Crippen molar-refractivity contribution in [1.82, 2.24) is 25.5 Å². The molecule has 1 aromatic carbocycles. The molecule has 2 aromatic heterocycles. The van der Waals surface area contributed by atoms with Gasteiger partial charge in [-0.15, -0.1) is 5.10 Å². The molecule has 1 N–H and O–H groups in total. The molecule has 3 heterocycles. The lowest BCUT2D eigenvalue weighted by Crippen LogP contribution is -2.35. The predicted molar refractivity (Wildman–Crippen MR) is 108 cm³/mol. The molecular weight excluding hydrogens is 391 g/mol. The van der Waals surface area contributed by atoms with E-state index in [0.717, 1.165) is 42.8 Å². The van der Waals surface area contributed by atoms with Gasteiger partial charge in [-0.3, -0.25) is 0 Å². The quantitative estimate of drug-likeness (QED) is 0.669. The third-order valence-electron chi connectivity index (χ3n) is 5.57. The van der Waals surface area contributed by atoms with Crippen LogP contribution in [0.15, 0.2) is 42.9 Å². The highest BCUT2D eigenvalue weighted by Gasteiger charge is 2.31. The number of alkyl halides is 3. The number of hydrogen-bond donors (Lipinski definition) is 1. The second-order valence-corrected chi connectivity index (χ2v) is 7.68. The van der Waals surface area contributed by atoms with Crippen LogP contribution in [0.2, 0.25) is 0 Å². The minimum absolute atomic E-state index is 0.241. The zero-order valence-corrected chi connectivity index (χ0v) is 16.7. The Kier molecular flexibility index (Phi) is 5.51. The number of halogens is 3. The molecule has 1 fully saturated rings. The third-order valence-corrected chi connectivity index (χ3v) is 5.57. The summed E-state index contributed by atoms with van der Waals surface area (Å²) in [5.74, 6) is 0.241. The molecule has 1 aliphatic rings. The fourth-order valence-electron chi connectivity index (χ4n) is 4.10. The molecule has 0 bridgehead atoms. The van der Waals surface area contributed by atoms with Crippen molar-refractivity contribution in [1.29, 1.82) is 0 Å². The number of piperidine rings is 1. The van der Waals surface area contributed by atoms with Crippen LogP contribution in [0.25, 0.3) is 22.5 Å². The number of benzene rings is 1. The normalized spacial score (nSPS) is 19.6. The average molecular weight is 413 g/mol. The first kappa shape index (κ1) is 20.4. The zero-order valence-electron chi connectivity index (χ0n) is 16.7. The van der Waals surface area contributed by atoms with Crippen molar-refractivity contribution in [2.75, 3.05) is 6.54 Å². The Labute approximate surface area is 172 Å². The molecule has 0 saturated carbocycles. The summed E-state index contributed by atoms with van der Waals surface area (Å²) in [6.45, 7) is 4.98. The molecule has 4 rings (SSSR count). The number of rotatable bonds is 3. The van der Waals surface area contributed by atoms with Gasteiger partial charge >= 0.3 is 6.18 Å². The second kappa shape index (κ2) is 8.10. The lowest BCUT2D eigenvalue weighted by atomic mass is 9.86. The highest BCUT2D eigenvalue weighted by molar-refractivity contribution is 5.81. The summed E-state index contributed by atoms with van der Waals surface area (Å²) >= 11 is 0. The SMILES string of the molecule is Cc1c(C2CCNC(C)C2)nnc(-c2cccc(C(F)(F)F)c2)c1-c1ccncn1. The van der Waals surface area contributed by atoms with Crippen molar-refractivity contribution in [2.24, 2.45) is 0 Å². The second-order valence-electron chi connectivity index (χ2n) is 7.68. The van der Waals surface area contributed by atoms with Crippen molar-refractivity contribution < 1.29 is 13.2 Å². The van der Waals surface area contributed by atoms with Gasteiger partial charge in [0.2, 0.25) is 0 Å². The minimum atomic E-state index is -4.43. The van der Waals surface area contributed by atoms with E-state index in [9.17, 15) is 13.2 Å². The van der Waals surface area contributed by atoms with Gasteiger partial charge < -0.3 is 5.32 Å². The maximum atomic E-state index is 13.3. The molecule has 1 aliphatic heterocycles. The van der Waals surface area contributed by atoms with Crippen LogP contribution >= 0.6 is 0 Å². The molecule has 156 valence electrons. The minimum Gasteiger partial charge on any atom is -0.314 e. The van der Waals surface area contributed by atoms with Crippen LogP contribution < -0.4 is 5.32 Å². The van der Waals surface area contributed by atoms with Gasteiger partial charge in [0, 0.05) is 29.3 Å². The first-order valence-corrected chi connectivity index (χ1v) is 9.89. The molecule has 0 aliphatic carbocycles. The standard InChI is InChI=1S/C22H22F3N5/c1-13-10-16(6-9-27-13)20-14(2)19(18-7-8-26-12-28-18)21(30-29-20)15-4-3-5-17(11-15)22(23,24)25/h3-5,7-8,11-13,16,27H,6,9-10H2,1-2H3. The molecule has 1 saturated heterocycles. The van der Waals surface area contributed by atoms with Crippen molar-refractivity contribution in [3.05, 3.63) is 59.7 Å². The predicted octanol–water partition coefficient (Wildman–Crippen LogP) is 4.78. The van der Waals surface area contributed by atoms with Crippen LogP contribution in [0.1, 0.15) is 42.5 Å². The van der Waals surface area contributed by atoms with Crippen LogP contribution in [-0.4, -0.2) is 32.8 Å². The lowest BCUT2D eigenvalue weighted by molar-refractivity contribution is -0.137. The summed E-state index contributed by atoms with van der Waals surface area (Å²) in [4.78, 5) is 8.32. The van der Waals surface area contributed by atoms with Crippen LogP contribution in [0, 0.1) is 6.92 Å². The topological polar surface area (TPSA) is 63.6 Å². The van der Waals surface area contributed by atoms with Gasteiger partial charge in [-0.05, 0) is 57.0 Å². The van der Waals surface area contributed by atoms with E-state index >= 15 is 0 Å². The van der Waals surface area contributed by atoms with E-state index < -0.39 is 11.7 Å². The van der Waals surface area contributed by atoms with Gasteiger partial charge in [-0.2, -0.15) is 18.3 Å². The molecule has 0 spiro atoms. The largest absolute Gasteiger partial charge is 0.416 e. The smallest absolute Gasteiger partial charge is 0.314 e. The molecule has 30 heavy (non-hydrogen) atoms. The summed E-state index contributed by atoms with van der Waals surface area (Å²) in [6, 6.07) is 7.29. The molecule has 2 unspecified atom stereocenters. The Hall–Kier alpha value is -2.87. The van der Waals surface area contributed by atoms with E-state index in [0.29, 0.717) is 28.6 Å². The number of nitrogens with zero attached hydrogens (tertiary/aromatic N) is 4. The van der Waals surface area contributed by atoms with Gasteiger partial charge in [0.25, 0.3) is 0 Å². The highest BCUT2D eigenvalue weighted by Crippen LogP contribution is 2.38. The van der Waals surface area contributed by atoms with Gasteiger partial charge in [0.05, 0.1) is 17.0 Å². The van der Waals surface area contributed by atoms with Gasteiger partial charge in [0.15, 0.2) is 0 Å². The third kappa shape index (κ3) is 4.05. The van der Waals surface area contributed by atoms with Gasteiger partial charge in [-0.25, -0.2) is 9.97 Å². The lowest BCUT2D eigenvalue weighted by Gasteiger charge is -2.29. The summed E-state index contributed by atoms with van der Waals surface area (Å²) in [5.41, 5.74) is 3.13. The fraction of sp³-hybridized carbons (Fsp3) is 0.364. The van der Waals surface area contributed by atoms with Crippen LogP contribution in [0.5, 0.6) is 0 Å². The summed E-state index contributed by atoms with van der Waals surface area (Å²) in [6.07, 6.45) is 0.480. The van der Waals surface area contributed by atoms with E-state index in [4.69, 9.17) is 0 Å². The van der Waals surface area contributed by atoms with Crippen LogP contribution in [-0.2, 0) is 6.18 Å². The molecule has 0 radical (unpaired) electrons. The summed E-state index contributed by atoms with van der Waals surface area (Å²) in [5, 5.41) is 12.3. The van der Waals surface area contributed by atoms with Crippen LogP contribution in [0.3, 0.4) is 0 Å². The average Bonchev–Trinajstić information content (AvgIpc) is 2.73. The van der Waals surface area contributed by atoms with Gasteiger partial charge in [-0.1, -0.05) is 12.1 Å².